The maximum Gasteiger partial charge on any atom is 0.241 e. The Morgan fingerprint density at radius 1 is 1.30 bits per heavy atom. The van der Waals surface area contributed by atoms with Gasteiger partial charge in [-0.1, -0.05) is 13.8 Å². The van der Waals surface area contributed by atoms with Crippen molar-refractivity contribution in [2.24, 2.45) is 17.6 Å². The highest BCUT2D eigenvalue weighted by molar-refractivity contribution is 5.94. The Kier molecular flexibility index (Phi) is 6.86. The van der Waals surface area contributed by atoms with E-state index in [2.05, 4.69) is 19.2 Å². The molecule has 0 saturated carbocycles. The number of anilines is 1. The molecule has 0 aliphatic carbocycles. The van der Waals surface area contributed by atoms with Crippen molar-refractivity contribution in [1.82, 2.24) is 0 Å². The Labute approximate surface area is 138 Å². The number of benzene rings is 1. The van der Waals surface area contributed by atoms with Crippen molar-refractivity contribution in [3.63, 3.8) is 0 Å². The number of hydrogen-bond donors (Lipinski definition) is 2. The summed E-state index contributed by atoms with van der Waals surface area (Å²) in [6.07, 6.45) is 2.79. The van der Waals surface area contributed by atoms with Crippen LogP contribution in [0.15, 0.2) is 24.3 Å². The van der Waals surface area contributed by atoms with Gasteiger partial charge < -0.3 is 20.5 Å². The lowest BCUT2D eigenvalue weighted by molar-refractivity contribution is -0.117. The number of rotatable bonds is 7. The van der Waals surface area contributed by atoms with Gasteiger partial charge in [-0.05, 0) is 55.4 Å². The van der Waals surface area contributed by atoms with E-state index < -0.39 is 6.04 Å². The lowest BCUT2D eigenvalue weighted by atomic mass is 10.0. The van der Waals surface area contributed by atoms with E-state index in [0.29, 0.717) is 24.9 Å². The Balaban J connectivity index is 1.78. The van der Waals surface area contributed by atoms with Crippen molar-refractivity contribution in [3.05, 3.63) is 24.3 Å². The van der Waals surface area contributed by atoms with Crippen molar-refractivity contribution in [3.8, 4) is 5.75 Å². The first-order chi connectivity index (χ1) is 11.0. The van der Waals surface area contributed by atoms with Crippen LogP contribution in [0.2, 0.25) is 0 Å². The minimum atomic E-state index is -0.473. The van der Waals surface area contributed by atoms with Gasteiger partial charge in [-0.25, -0.2) is 0 Å². The molecule has 1 saturated heterocycles. The molecular formula is C18H28N2O3. The first-order valence-electron chi connectivity index (χ1n) is 8.41. The van der Waals surface area contributed by atoms with Gasteiger partial charge >= 0.3 is 0 Å². The number of hydrogen-bond acceptors (Lipinski definition) is 4. The molecule has 0 unspecified atom stereocenters. The van der Waals surface area contributed by atoms with E-state index in [1.165, 1.54) is 0 Å². The van der Waals surface area contributed by atoms with Gasteiger partial charge in [0.1, 0.15) is 5.75 Å². The predicted molar refractivity (Wildman–Crippen MR) is 91.5 cm³/mol. The van der Waals surface area contributed by atoms with Crippen LogP contribution in [0.4, 0.5) is 5.69 Å². The molecule has 128 valence electrons. The number of ether oxygens (including phenoxy) is 2. The molecule has 23 heavy (non-hydrogen) atoms. The molecular weight excluding hydrogens is 292 g/mol. The third kappa shape index (κ3) is 6.20. The molecule has 0 spiro atoms. The summed E-state index contributed by atoms with van der Waals surface area (Å²) in [7, 11) is 0. The molecule has 1 fully saturated rings. The third-order valence-electron chi connectivity index (χ3n) is 4.01. The fraction of sp³-hybridized carbons (Fsp3) is 0.611. The summed E-state index contributed by atoms with van der Waals surface area (Å²) >= 11 is 0. The van der Waals surface area contributed by atoms with E-state index in [0.717, 1.165) is 37.5 Å². The predicted octanol–water partition coefficient (Wildman–Crippen LogP) is 2.80. The summed E-state index contributed by atoms with van der Waals surface area (Å²) in [5.41, 5.74) is 6.62. The van der Waals surface area contributed by atoms with Gasteiger partial charge in [0.05, 0.1) is 12.6 Å². The summed E-state index contributed by atoms with van der Waals surface area (Å²) in [5, 5.41) is 2.84. The average molecular weight is 320 g/mol. The topological polar surface area (TPSA) is 73.6 Å². The van der Waals surface area contributed by atoms with E-state index in [-0.39, 0.29) is 5.91 Å². The Bertz CT molecular complexity index is 482. The minimum Gasteiger partial charge on any atom is -0.493 e. The summed E-state index contributed by atoms with van der Waals surface area (Å²) in [4.78, 5) is 12.0. The van der Waals surface area contributed by atoms with Crippen molar-refractivity contribution < 1.29 is 14.3 Å². The summed E-state index contributed by atoms with van der Waals surface area (Å²) in [6.45, 7) is 6.48. The zero-order chi connectivity index (χ0) is 16.7. The van der Waals surface area contributed by atoms with Gasteiger partial charge in [0.15, 0.2) is 0 Å². The number of amides is 1. The van der Waals surface area contributed by atoms with E-state index in [9.17, 15) is 4.79 Å². The molecule has 1 heterocycles. The molecule has 1 aromatic carbocycles. The van der Waals surface area contributed by atoms with Gasteiger partial charge in [-0.2, -0.15) is 0 Å². The van der Waals surface area contributed by atoms with Crippen LogP contribution >= 0.6 is 0 Å². The molecule has 5 nitrogen and oxygen atoms in total. The first kappa shape index (κ1) is 17.8. The number of carbonyl (C=O) groups excluding carboxylic acids is 1. The van der Waals surface area contributed by atoms with Gasteiger partial charge in [0, 0.05) is 18.9 Å². The highest BCUT2D eigenvalue weighted by Gasteiger charge is 2.16. The fourth-order valence-electron chi connectivity index (χ4n) is 2.61. The molecule has 1 atom stereocenters. The summed E-state index contributed by atoms with van der Waals surface area (Å²) in [6, 6.07) is 6.98. The van der Waals surface area contributed by atoms with Gasteiger partial charge in [0.2, 0.25) is 5.91 Å². The van der Waals surface area contributed by atoms with Crippen LogP contribution in [0.1, 0.15) is 33.1 Å². The Morgan fingerprint density at radius 3 is 2.57 bits per heavy atom. The second kappa shape index (κ2) is 8.89. The highest BCUT2D eigenvalue weighted by Crippen LogP contribution is 2.20. The highest BCUT2D eigenvalue weighted by atomic mass is 16.5. The van der Waals surface area contributed by atoms with Crippen LogP contribution in [0.3, 0.4) is 0 Å². The first-order valence-corrected chi connectivity index (χ1v) is 8.41. The molecule has 1 aliphatic heterocycles. The molecule has 1 aliphatic rings. The van der Waals surface area contributed by atoms with E-state index in [1.54, 1.807) is 0 Å². The molecule has 0 bridgehead atoms. The van der Waals surface area contributed by atoms with Crippen molar-refractivity contribution >= 4 is 11.6 Å². The van der Waals surface area contributed by atoms with Crippen LogP contribution in [0.25, 0.3) is 0 Å². The Hall–Kier alpha value is -1.59. The Morgan fingerprint density at radius 2 is 1.96 bits per heavy atom. The zero-order valence-corrected chi connectivity index (χ0v) is 14.1. The summed E-state index contributed by atoms with van der Waals surface area (Å²) in [5.74, 6) is 1.64. The standard InChI is InChI=1S/C18H28N2O3/c1-13(2)11-17(19)18(21)20-15-3-5-16(6-4-15)23-12-14-7-9-22-10-8-14/h3-6,13-14,17H,7-12,19H2,1-2H3,(H,20,21)/t17-/m0/s1. The smallest absolute Gasteiger partial charge is 0.241 e. The summed E-state index contributed by atoms with van der Waals surface area (Å²) < 4.78 is 11.2. The van der Waals surface area contributed by atoms with E-state index in [1.807, 2.05) is 24.3 Å². The quantitative estimate of drug-likeness (QED) is 0.810. The zero-order valence-electron chi connectivity index (χ0n) is 14.1. The van der Waals surface area contributed by atoms with Gasteiger partial charge in [-0.15, -0.1) is 0 Å². The maximum absolute atomic E-state index is 12.0. The second-order valence-corrected chi connectivity index (χ2v) is 6.62. The lowest BCUT2D eigenvalue weighted by Crippen LogP contribution is -2.36. The van der Waals surface area contributed by atoms with Crippen molar-refractivity contribution in [2.45, 2.75) is 39.2 Å². The lowest BCUT2D eigenvalue weighted by Gasteiger charge is -2.22. The molecule has 1 amide bonds. The number of nitrogens with one attached hydrogen (secondary N) is 1. The van der Waals surface area contributed by atoms with Crippen LogP contribution in [0.5, 0.6) is 5.75 Å². The second-order valence-electron chi connectivity index (χ2n) is 6.62. The normalized spacial score (nSPS) is 17.0. The molecule has 1 aromatic rings. The minimum absolute atomic E-state index is 0.144. The van der Waals surface area contributed by atoms with Crippen molar-refractivity contribution in [1.29, 1.82) is 0 Å². The van der Waals surface area contributed by atoms with E-state index in [4.69, 9.17) is 15.2 Å². The molecule has 0 aromatic heterocycles. The molecule has 2 rings (SSSR count). The third-order valence-corrected chi connectivity index (χ3v) is 4.01. The van der Waals surface area contributed by atoms with Gasteiger partial charge in [0.25, 0.3) is 0 Å². The van der Waals surface area contributed by atoms with Crippen LogP contribution in [-0.4, -0.2) is 31.8 Å². The van der Waals surface area contributed by atoms with Crippen molar-refractivity contribution in [2.75, 3.05) is 25.1 Å². The molecule has 5 heteroatoms. The number of carbonyl (C=O) groups is 1. The van der Waals surface area contributed by atoms with E-state index >= 15 is 0 Å². The maximum atomic E-state index is 12.0. The molecule has 0 radical (unpaired) electrons. The largest absolute Gasteiger partial charge is 0.493 e. The number of nitrogens with two attached hydrogens (primary N) is 1. The fourth-order valence-corrected chi connectivity index (χ4v) is 2.61. The van der Waals surface area contributed by atoms with Crippen LogP contribution in [0, 0.1) is 11.8 Å². The van der Waals surface area contributed by atoms with Gasteiger partial charge in [-0.3, -0.25) is 4.79 Å². The van der Waals surface area contributed by atoms with Crippen LogP contribution < -0.4 is 15.8 Å². The average Bonchev–Trinajstić information content (AvgIpc) is 2.54. The van der Waals surface area contributed by atoms with Crippen LogP contribution in [-0.2, 0) is 9.53 Å². The molecule has 3 N–H and O–H groups in total. The monoisotopic (exact) mass is 320 g/mol. The SMILES string of the molecule is CC(C)C[C@H](N)C(=O)Nc1ccc(OCC2CCOCC2)cc1.